The van der Waals surface area contributed by atoms with E-state index in [0.29, 0.717) is 0 Å². The number of hydrogen-bond acceptors (Lipinski definition) is 2. The quantitative estimate of drug-likeness (QED) is 0.483. The van der Waals surface area contributed by atoms with Crippen LogP contribution in [-0.2, 0) is 0 Å². The van der Waals surface area contributed by atoms with Crippen molar-refractivity contribution in [2.24, 2.45) is 0 Å². The molecule has 0 saturated heterocycles. The van der Waals surface area contributed by atoms with Crippen LogP contribution in [0.4, 0.5) is 0 Å². The number of aromatic nitrogens is 2. The molecule has 0 spiro atoms. The lowest BCUT2D eigenvalue weighted by Crippen LogP contribution is -1.44. The van der Waals surface area contributed by atoms with Crippen LogP contribution in [0.2, 0.25) is 0 Å². The van der Waals surface area contributed by atoms with Crippen LogP contribution in [0.1, 0.15) is 0 Å². The molecule has 0 bridgehead atoms. The summed E-state index contributed by atoms with van der Waals surface area (Å²) in [5.41, 5.74) is 1.60. The Kier molecular flexibility index (Phi) is 1.03. The monoisotopic (exact) mass is 121 g/mol. The van der Waals surface area contributed by atoms with Gasteiger partial charge in [0.25, 0.3) is 5.51 Å². The average molecular weight is 122 g/mol. The van der Waals surface area contributed by atoms with Crippen LogP contribution in [0.3, 0.4) is 0 Å². The van der Waals surface area contributed by atoms with Crippen molar-refractivity contribution in [3.63, 3.8) is 0 Å². The molecule has 1 aromatic heterocycles. The zero-order chi connectivity index (χ0) is 4.41. The van der Waals surface area contributed by atoms with E-state index in [-0.39, 0.29) is 0 Å². The largest absolute Gasteiger partial charge is 0.277 e. The second-order valence-corrected chi connectivity index (χ2v) is 2.64. The first-order valence-electron chi connectivity index (χ1n) is 1.35. The highest BCUT2D eigenvalue weighted by Gasteiger charge is 1.94. The third kappa shape index (κ3) is 0.666. The molecule has 0 aliphatic rings. The third-order valence-electron chi connectivity index (χ3n) is 0.362. The molecule has 1 rings (SSSR count). The van der Waals surface area contributed by atoms with Gasteiger partial charge in [-0.15, -0.1) is 0 Å². The molecule has 0 aromatic carbocycles. The van der Waals surface area contributed by atoms with E-state index in [9.17, 15) is 0 Å². The maximum atomic E-state index is 5.39. The lowest BCUT2D eigenvalue weighted by atomic mass is 11.4. The predicted molar refractivity (Wildman–Crippen MR) is 25.8 cm³/mol. The van der Waals surface area contributed by atoms with Crippen LogP contribution >= 0.6 is 20.6 Å². The van der Waals surface area contributed by atoms with E-state index in [1.54, 1.807) is 5.51 Å². The molecule has 2 nitrogen and oxygen atoms in total. The summed E-state index contributed by atoms with van der Waals surface area (Å²) in [4.78, 5) is 3.63. The lowest BCUT2D eigenvalue weighted by Gasteiger charge is -1.43. The van der Waals surface area contributed by atoms with Crippen molar-refractivity contribution < 1.29 is 0 Å². The van der Waals surface area contributed by atoms with Gasteiger partial charge in [0.1, 0.15) is 0 Å². The Morgan fingerprint density at radius 3 is 2.67 bits per heavy atom. The van der Waals surface area contributed by atoms with Crippen LogP contribution < -0.4 is 0 Å². The maximum absolute atomic E-state index is 5.39. The maximum Gasteiger partial charge on any atom is 0.277 e. The van der Waals surface area contributed by atoms with E-state index in [0.717, 1.165) is 0 Å². The Bertz CT molecular complexity index is 115. The fourth-order valence-corrected chi connectivity index (χ4v) is 0.776. The Labute approximate surface area is 42.4 Å². The number of hydrogen-bond donors (Lipinski definition) is 0. The standard InChI is InChI=1S/C2H2ClN2S/c3-6-2-4-1-5-6/h1-2H/q+1. The minimum atomic E-state index is -0.423. The minimum absolute atomic E-state index is 0.423. The highest BCUT2D eigenvalue weighted by atomic mass is 35.7. The van der Waals surface area contributed by atoms with Gasteiger partial charge in [0.05, 0.1) is 0 Å². The summed E-state index contributed by atoms with van der Waals surface area (Å²) >= 11 is 0. The topological polar surface area (TPSA) is 25.8 Å². The third-order valence-corrected chi connectivity index (χ3v) is 1.43. The number of nitrogens with zero attached hydrogens (tertiary/aromatic N) is 2. The fourth-order valence-electron chi connectivity index (χ4n) is 0.177. The van der Waals surface area contributed by atoms with Crippen molar-refractivity contribution in [3.8, 4) is 0 Å². The summed E-state index contributed by atoms with van der Waals surface area (Å²) in [7, 11) is 4.97. The highest BCUT2D eigenvalue weighted by Crippen LogP contribution is 2.12. The van der Waals surface area contributed by atoms with Gasteiger partial charge in [0, 0.05) is 0 Å². The molecule has 1 aromatic rings. The van der Waals surface area contributed by atoms with Gasteiger partial charge in [-0.05, 0) is 4.37 Å². The van der Waals surface area contributed by atoms with Crippen LogP contribution in [0.5, 0.6) is 0 Å². The van der Waals surface area contributed by atoms with Gasteiger partial charge in [-0.2, -0.15) is 4.98 Å². The van der Waals surface area contributed by atoms with Crippen molar-refractivity contribution in [3.05, 3.63) is 11.8 Å². The SMILES string of the molecule is Cl[s+]1cncn1. The molecular weight excluding hydrogens is 120 g/mol. The molecule has 1 heterocycles. The average Bonchev–Trinajstić information content (AvgIpc) is 1.86. The number of rotatable bonds is 0. The first-order chi connectivity index (χ1) is 2.89. The van der Waals surface area contributed by atoms with Crippen molar-refractivity contribution in [2.45, 2.75) is 0 Å². The fraction of sp³-hybridized carbons (Fsp3) is 0. The lowest BCUT2D eigenvalue weighted by molar-refractivity contribution is 1.33. The van der Waals surface area contributed by atoms with E-state index in [1.165, 1.54) is 6.33 Å². The summed E-state index contributed by atoms with van der Waals surface area (Å²) in [5.74, 6) is 0. The van der Waals surface area contributed by atoms with Gasteiger partial charge in [-0.1, -0.05) is 0 Å². The summed E-state index contributed by atoms with van der Waals surface area (Å²) in [5, 5.41) is 0. The Hall–Kier alpha value is -0.150. The summed E-state index contributed by atoms with van der Waals surface area (Å²) in [6.45, 7) is 0. The van der Waals surface area contributed by atoms with E-state index >= 15 is 0 Å². The smallest absolute Gasteiger partial charge is 0.184 e. The van der Waals surface area contributed by atoms with Crippen LogP contribution in [-0.4, -0.2) is 9.36 Å². The van der Waals surface area contributed by atoms with Crippen molar-refractivity contribution in [2.75, 3.05) is 0 Å². The van der Waals surface area contributed by atoms with Crippen LogP contribution in [0.15, 0.2) is 11.8 Å². The molecule has 0 aliphatic carbocycles. The van der Waals surface area contributed by atoms with Crippen LogP contribution in [0.25, 0.3) is 0 Å². The molecule has 6 heavy (non-hydrogen) atoms. The molecule has 1 atom stereocenters. The van der Waals surface area contributed by atoms with Gasteiger partial charge in [0.2, 0.25) is 20.6 Å². The molecule has 0 aliphatic heterocycles. The van der Waals surface area contributed by atoms with E-state index in [4.69, 9.17) is 10.7 Å². The Balaban J connectivity index is 3.05. The predicted octanol–water partition coefficient (Wildman–Crippen LogP) is 1.23. The summed E-state index contributed by atoms with van der Waals surface area (Å²) in [6.07, 6.45) is 1.45. The van der Waals surface area contributed by atoms with E-state index < -0.39 is 9.88 Å². The van der Waals surface area contributed by atoms with Gasteiger partial charge in [-0.3, -0.25) is 0 Å². The normalized spacial score (nSPS) is 11.8. The zero-order valence-electron chi connectivity index (χ0n) is 2.84. The van der Waals surface area contributed by atoms with Crippen LogP contribution in [0, 0.1) is 0 Å². The highest BCUT2D eigenvalue weighted by molar-refractivity contribution is 7.57. The van der Waals surface area contributed by atoms with Gasteiger partial charge >= 0.3 is 0 Å². The van der Waals surface area contributed by atoms with E-state index in [2.05, 4.69) is 9.36 Å². The Morgan fingerprint density at radius 2 is 2.50 bits per heavy atom. The molecular formula is C2H2ClN2S+. The summed E-state index contributed by atoms with van der Waals surface area (Å²) in [6, 6.07) is 0. The molecule has 0 saturated carbocycles. The Morgan fingerprint density at radius 1 is 1.67 bits per heavy atom. The van der Waals surface area contributed by atoms with Gasteiger partial charge < -0.3 is 0 Å². The molecule has 1 unspecified atom stereocenters. The summed E-state index contributed by atoms with van der Waals surface area (Å²) < 4.78 is 3.68. The molecule has 32 valence electrons. The van der Waals surface area contributed by atoms with Gasteiger partial charge in [0.15, 0.2) is 6.33 Å². The molecule has 0 N–H and O–H groups in total. The zero-order valence-corrected chi connectivity index (χ0v) is 4.41. The second-order valence-electron chi connectivity index (χ2n) is 0.739. The molecule has 0 amide bonds. The van der Waals surface area contributed by atoms with Gasteiger partial charge in [-0.25, -0.2) is 0 Å². The first kappa shape index (κ1) is 4.02. The first-order valence-corrected chi connectivity index (χ1v) is 3.42. The minimum Gasteiger partial charge on any atom is -0.184 e. The number of halogens is 1. The van der Waals surface area contributed by atoms with E-state index in [1.807, 2.05) is 0 Å². The van der Waals surface area contributed by atoms with Crippen molar-refractivity contribution in [1.82, 2.24) is 9.36 Å². The van der Waals surface area contributed by atoms with Crippen molar-refractivity contribution >= 4 is 20.6 Å². The molecule has 0 fully saturated rings. The second kappa shape index (κ2) is 1.53. The molecule has 0 radical (unpaired) electrons. The molecule has 4 heteroatoms. The van der Waals surface area contributed by atoms with Crippen molar-refractivity contribution in [1.29, 1.82) is 0 Å².